The van der Waals surface area contributed by atoms with Crippen LogP contribution in [0.25, 0.3) is 0 Å². The lowest BCUT2D eigenvalue weighted by Crippen LogP contribution is -2.21. The van der Waals surface area contributed by atoms with E-state index in [0.717, 1.165) is 0 Å². The van der Waals surface area contributed by atoms with Crippen LogP contribution in [-0.2, 0) is 28.6 Å². The van der Waals surface area contributed by atoms with Crippen molar-refractivity contribution in [2.45, 2.75) is 39.5 Å². The average Bonchev–Trinajstić information content (AvgIpc) is 2.36. The van der Waals surface area contributed by atoms with Crippen molar-refractivity contribution in [1.82, 2.24) is 5.32 Å². The van der Waals surface area contributed by atoms with Crippen LogP contribution in [0.15, 0.2) is 0 Å². The van der Waals surface area contributed by atoms with Gasteiger partial charge in [0.15, 0.2) is 0 Å². The molecule has 0 atom stereocenters. The van der Waals surface area contributed by atoms with Crippen LogP contribution < -0.4 is 5.32 Å². The molecule has 0 aliphatic rings. The fourth-order valence-corrected chi connectivity index (χ4v) is 3.49. The quantitative estimate of drug-likeness (QED) is 0.357. The predicted molar refractivity (Wildman–Crippen MR) is 89.4 cm³/mol. The topological polar surface area (TPSA) is 98.8 Å². The lowest BCUT2D eigenvalue weighted by atomic mass is 10.4. The van der Waals surface area contributed by atoms with E-state index in [4.69, 9.17) is 8.37 Å². The van der Waals surface area contributed by atoms with Gasteiger partial charge in [0.05, 0.1) is 24.7 Å². The van der Waals surface area contributed by atoms with Gasteiger partial charge < -0.3 is 5.32 Å². The third-order valence-corrected chi connectivity index (χ3v) is 5.30. The van der Waals surface area contributed by atoms with Crippen molar-refractivity contribution >= 4 is 32.6 Å². The third kappa shape index (κ3) is 15.0. The molecule has 0 rings (SSSR count). The molecule has 22 heavy (non-hydrogen) atoms. The fraction of sp³-hybridized carbons (Fsp3) is 1.00. The van der Waals surface area contributed by atoms with Crippen molar-refractivity contribution in [2.24, 2.45) is 0 Å². The molecule has 0 saturated carbocycles. The molecule has 0 saturated heterocycles. The van der Waals surface area contributed by atoms with E-state index in [0.29, 0.717) is 38.8 Å². The molecule has 7 nitrogen and oxygen atoms in total. The molecule has 0 aromatic carbocycles. The van der Waals surface area contributed by atoms with Crippen LogP contribution in [0.2, 0.25) is 0 Å². The van der Waals surface area contributed by atoms with Crippen LogP contribution in [0.3, 0.4) is 0 Å². The predicted octanol–water partition coefficient (Wildman–Crippen LogP) is 1.29. The first kappa shape index (κ1) is 24.3. The largest absolute Gasteiger partial charge is 0.317 e. The number of hydrogen-bond donors (Lipinski definition) is 1. The molecule has 10 heteroatoms. The Morgan fingerprint density at radius 1 is 0.773 bits per heavy atom. The third-order valence-electron chi connectivity index (χ3n) is 2.43. The normalized spacial score (nSPS) is 12.1. The van der Waals surface area contributed by atoms with Gasteiger partial charge in [-0.3, -0.25) is 8.37 Å². The molecule has 1 N–H and O–H groups in total. The van der Waals surface area contributed by atoms with Crippen molar-refractivity contribution in [2.75, 3.05) is 37.8 Å². The van der Waals surface area contributed by atoms with Gasteiger partial charge in [-0.1, -0.05) is 13.8 Å². The van der Waals surface area contributed by atoms with E-state index in [-0.39, 0.29) is 37.1 Å². The highest BCUT2D eigenvalue weighted by molar-refractivity contribution is 7.86. The zero-order chi connectivity index (χ0) is 16.2. The van der Waals surface area contributed by atoms with Gasteiger partial charge in [-0.2, -0.15) is 16.8 Å². The Morgan fingerprint density at radius 2 is 1.14 bits per heavy atom. The Bertz CT molecular complexity index is 410. The highest BCUT2D eigenvalue weighted by Crippen LogP contribution is 1.98. The van der Waals surface area contributed by atoms with Crippen LogP contribution in [0, 0.1) is 0 Å². The molecule has 0 amide bonds. The number of hydrogen-bond acceptors (Lipinski definition) is 7. The maximum absolute atomic E-state index is 11.2. The minimum Gasteiger partial charge on any atom is -0.317 e. The summed E-state index contributed by atoms with van der Waals surface area (Å²) in [7, 11) is -6.74. The maximum atomic E-state index is 11.2. The Labute approximate surface area is 140 Å². The molecule has 0 bridgehead atoms. The highest BCUT2D eigenvalue weighted by Gasteiger charge is 2.09. The minimum atomic E-state index is -3.37. The number of nitrogens with one attached hydrogen (secondary N) is 1. The van der Waals surface area contributed by atoms with Crippen LogP contribution in [0.4, 0.5) is 0 Å². The van der Waals surface area contributed by atoms with E-state index in [1.807, 2.05) is 0 Å². The molecule has 0 heterocycles. The van der Waals surface area contributed by atoms with Crippen LogP contribution in [0.1, 0.15) is 39.5 Å². The van der Waals surface area contributed by atoms with Crippen molar-refractivity contribution in [3.05, 3.63) is 0 Å². The van der Waals surface area contributed by atoms with Gasteiger partial charge in [-0.15, -0.1) is 12.4 Å². The zero-order valence-corrected chi connectivity index (χ0v) is 15.7. The lowest BCUT2D eigenvalue weighted by Gasteiger charge is -2.07. The zero-order valence-electron chi connectivity index (χ0n) is 13.2. The first-order chi connectivity index (χ1) is 9.83. The summed E-state index contributed by atoms with van der Waals surface area (Å²) in [5.41, 5.74) is 0. The first-order valence-electron chi connectivity index (χ1n) is 7.28. The van der Waals surface area contributed by atoms with Gasteiger partial charge >= 0.3 is 0 Å². The van der Waals surface area contributed by atoms with Gasteiger partial charge in [0, 0.05) is 0 Å². The van der Waals surface area contributed by atoms with Gasteiger partial charge in [0.25, 0.3) is 20.2 Å². The van der Waals surface area contributed by atoms with Crippen molar-refractivity contribution in [1.29, 1.82) is 0 Å². The summed E-state index contributed by atoms with van der Waals surface area (Å²) in [6.07, 6.45) is 2.25. The fourth-order valence-electron chi connectivity index (χ4n) is 1.51. The second-order valence-electron chi connectivity index (χ2n) is 4.62. The molecule has 0 aromatic heterocycles. The summed E-state index contributed by atoms with van der Waals surface area (Å²) in [6, 6.07) is 0. The summed E-state index contributed by atoms with van der Waals surface area (Å²) < 4.78 is 54.5. The SMILES string of the molecule is CCCS(=O)(=O)OCCCNCCCOS(=O)(=O)CCC.Cl. The monoisotopic (exact) mass is 381 g/mol. The van der Waals surface area contributed by atoms with Crippen molar-refractivity contribution in [3.8, 4) is 0 Å². The Balaban J connectivity index is 0. The summed E-state index contributed by atoms with van der Waals surface area (Å²) in [4.78, 5) is 0. The first-order valence-corrected chi connectivity index (χ1v) is 10.4. The average molecular weight is 382 g/mol. The van der Waals surface area contributed by atoms with Crippen LogP contribution in [0.5, 0.6) is 0 Å². The van der Waals surface area contributed by atoms with E-state index >= 15 is 0 Å². The van der Waals surface area contributed by atoms with Crippen LogP contribution in [-0.4, -0.2) is 54.6 Å². The molecule has 0 aliphatic heterocycles. The van der Waals surface area contributed by atoms with E-state index in [1.165, 1.54) is 0 Å². The second kappa shape index (κ2) is 13.5. The number of halogens is 1. The molecule has 0 fully saturated rings. The molecule has 0 aromatic rings. The van der Waals surface area contributed by atoms with Gasteiger partial charge in [-0.25, -0.2) is 0 Å². The second-order valence-corrected chi connectivity index (χ2v) is 8.14. The highest BCUT2D eigenvalue weighted by atomic mass is 35.5. The summed E-state index contributed by atoms with van der Waals surface area (Å²) in [5.74, 6) is 0.0913. The minimum absolute atomic E-state index is 0. The van der Waals surface area contributed by atoms with Gasteiger partial charge in [-0.05, 0) is 38.8 Å². The van der Waals surface area contributed by atoms with Crippen LogP contribution >= 0.6 is 12.4 Å². The van der Waals surface area contributed by atoms with E-state index in [9.17, 15) is 16.8 Å². The summed E-state index contributed by atoms with van der Waals surface area (Å²) in [6.45, 7) is 5.12. The van der Waals surface area contributed by atoms with Crippen molar-refractivity contribution < 1.29 is 25.2 Å². The van der Waals surface area contributed by atoms with Crippen molar-refractivity contribution in [3.63, 3.8) is 0 Å². The summed E-state index contributed by atoms with van der Waals surface area (Å²) in [5, 5.41) is 3.07. The standard InChI is InChI=1S/C12H27NO6S2.ClH/c1-3-11-20(14,15)18-9-5-7-13-8-6-10-19-21(16,17)12-4-2;/h13H,3-12H2,1-2H3;1H. The molecule has 136 valence electrons. The van der Waals surface area contributed by atoms with E-state index in [1.54, 1.807) is 13.8 Å². The molecule has 0 aliphatic carbocycles. The molecule has 0 unspecified atom stereocenters. The maximum Gasteiger partial charge on any atom is 0.267 e. The lowest BCUT2D eigenvalue weighted by molar-refractivity contribution is 0.301. The number of rotatable bonds is 14. The molecule has 0 spiro atoms. The van der Waals surface area contributed by atoms with E-state index in [2.05, 4.69) is 5.32 Å². The Kier molecular flexibility index (Phi) is 14.9. The van der Waals surface area contributed by atoms with Gasteiger partial charge in [0.2, 0.25) is 0 Å². The molecule has 0 radical (unpaired) electrons. The summed E-state index contributed by atoms with van der Waals surface area (Å²) >= 11 is 0. The van der Waals surface area contributed by atoms with Gasteiger partial charge in [0.1, 0.15) is 0 Å². The Morgan fingerprint density at radius 3 is 1.45 bits per heavy atom. The Hall–Kier alpha value is 0.0700. The molecular weight excluding hydrogens is 354 g/mol. The van der Waals surface area contributed by atoms with E-state index < -0.39 is 20.2 Å². The smallest absolute Gasteiger partial charge is 0.267 e. The molecular formula is C12H28ClNO6S2.